The van der Waals surface area contributed by atoms with Gasteiger partial charge in [0.25, 0.3) is 0 Å². The second-order valence-electron chi connectivity index (χ2n) is 5.58. The van der Waals surface area contributed by atoms with Gasteiger partial charge < -0.3 is 10.0 Å². The van der Waals surface area contributed by atoms with Gasteiger partial charge in [0.15, 0.2) is 0 Å². The summed E-state index contributed by atoms with van der Waals surface area (Å²) in [6.45, 7) is 2.90. The van der Waals surface area contributed by atoms with Crippen molar-refractivity contribution in [3.8, 4) is 0 Å². The molecular formula is C15H23NO3. The fourth-order valence-corrected chi connectivity index (χ4v) is 3.29. The van der Waals surface area contributed by atoms with Crippen molar-refractivity contribution in [2.45, 2.75) is 51.5 Å². The zero-order chi connectivity index (χ0) is 13.8. The van der Waals surface area contributed by atoms with E-state index in [2.05, 4.69) is 6.92 Å². The lowest BCUT2D eigenvalue weighted by molar-refractivity contribution is -0.152. The van der Waals surface area contributed by atoms with Gasteiger partial charge in [0.2, 0.25) is 5.91 Å². The maximum Gasteiger partial charge on any atom is 0.307 e. The summed E-state index contributed by atoms with van der Waals surface area (Å²) >= 11 is 0. The summed E-state index contributed by atoms with van der Waals surface area (Å²) < 4.78 is 0. The van der Waals surface area contributed by atoms with E-state index in [9.17, 15) is 14.7 Å². The van der Waals surface area contributed by atoms with Gasteiger partial charge in [-0.3, -0.25) is 9.59 Å². The maximum atomic E-state index is 12.7. The van der Waals surface area contributed by atoms with Crippen LogP contribution < -0.4 is 0 Å². The van der Waals surface area contributed by atoms with E-state index in [0.717, 1.165) is 25.8 Å². The van der Waals surface area contributed by atoms with E-state index >= 15 is 0 Å². The molecule has 0 saturated carbocycles. The number of carboxylic acids is 1. The zero-order valence-electron chi connectivity index (χ0n) is 11.5. The topological polar surface area (TPSA) is 57.6 Å². The maximum absolute atomic E-state index is 12.7. The minimum absolute atomic E-state index is 0.0586. The number of allylic oxidation sites excluding steroid dienone is 2. The molecule has 0 aromatic carbocycles. The largest absolute Gasteiger partial charge is 0.481 e. The lowest BCUT2D eigenvalue weighted by Gasteiger charge is -2.39. The fourth-order valence-electron chi connectivity index (χ4n) is 3.29. The van der Waals surface area contributed by atoms with E-state index in [4.69, 9.17) is 0 Å². The quantitative estimate of drug-likeness (QED) is 0.797. The molecule has 1 unspecified atom stereocenters. The normalized spacial score (nSPS) is 31.2. The summed E-state index contributed by atoms with van der Waals surface area (Å²) in [4.78, 5) is 25.9. The van der Waals surface area contributed by atoms with E-state index in [1.807, 2.05) is 17.1 Å². The Kier molecular flexibility index (Phi) is 4.61. The number of rotatable bonds is 3. The fraction of sp³-hybridized carbons (Fsp3) is 0.733. The Morgan fingerprint density at radius 1 is 1.21 bits per heavy atom. The highest BCUT2D eigenvalue weighted by Crippen LogP contribution is 2.30. The monoisotopic (exact) mass is 265 g/mol. The Hall–Kier alpha value is -1.32. The molecule has 0 radical (unpaired) electrons. The van der Waals surface area contributed by atoms with Crippen molar-refractivity contribution < 1.29 is 14.7 Å². The molecule has 1 heterocycles. The van der Waals surface area contributed by atoms with Crippen molar-refractivity contribution in [2.75, 3.05) is 6.54 Å². The highest BCUT2D eigenvalue weighted by atomic mass is 16.4. The van der Waals surface area contributed by atoms with Crippen LogP contribution in [0.2, 0.25) is 0 Å². The molecule has 4 nitrogen and oxygen atoms in total. The van der Waals surface area contributed by atoms with E-state index in [0.29, 0.717) is 18.9 Å². The van der Waals surface area contributed by atoms with Gasteiger partial charge in [-0.25, -0.2) is 0 Å². The Morgan fingerprint density at radius 2 is 1.89 bits per heavy atom. The third-order valence-corrected chi connectivity index (χ3v) is 4.45. The molecule has 4 heteroatoms. The van der Waals surface area contributed by atoms with Crippen LogP contribution in [0.5, 0.6) is 0 Å². The molecule has 1 saturated heterocycles. The molecule has 1 fully saturated rings. The van der Waals surface area contributed by atoms with Crippen LogP contribution in [0.1, 0.15) is 45.4 Å². The number of amides is 1. The zero-order valence-corrected chi connectivity index (χ0v) is 11.5. The van der Waals surface area contributed by atoms with Crippen molar-refractivity contribution in [2.24, 2.45) is 11.8 Å². The molecule has 0 aromatic heterocycles. The van der Waals surface area contributed by atoms with Crippen molar-refractivity contribution in [1.82, 2.24) is 4.90 Å². The molecule has 2 rings (SSSR count). The van der Waals surface area contributed by atoms with Crippen LogP contribution in [-0.4, -0.2) is 34.5 Å². The average molecular weight is 265 g/mol. The Morgan fingerprint density at radius 3 is 2.53 bits per heavy atom. The van der Waals surface area contributed by atoms with Gasteiger partial charge in [0, 0.05) is 12.6 Å². The van der Waals surface area contributed by atoms with Crippen molar-refractivity contribution >= 4 is 11.9 Å². The second-order valence-corrected chi connectivity index (χ2v) is 5.58. The number of carbonyl (C=O) groups excluding carboxylic acids is 1. The average Bonchev–Trinajstić information content (AvgIpc) is 2.46. The SMILES string of the molecule is CCC1CCCCN1C(=O)[C@@H]1CC=CC[C@@H]1C(=O)O. The van der Waals surface area contributed by atoms with Crippen molar-refractivity contribution in [3.05, 3.63) is 12.2 Å². The van der Waals surface area contributed by atoms with Gasteiger partial charge in [-0.15, -0.1) is 0 Å². The predicted molar refractivity (Wildman–Crippen MR) is 72.6 cm³/mol. The molecule has 1 aliphatic carbocycles. The summed E-state index contributed by atoms with van der Waals surface area (Å²) in [5.74, 6) is -1.69. The molecule has 1 aliphatic heterocycles. The molecule has 2 aliphatic rings. The molecule has 1 N–H and O–H groups in total. The summed E-state index contributed by atoms with van der Waals surface area (Å²) in [5.41, 5.74) is 0. The van der Waals surface area contributed by atoms with E-state index in [1.54, 1.807) is 0 Å². The first-order chi connectivity index (χ1) is 9.15. The summed E-state index contributed by atoms with van der Waals surface area (Å²) in [7, 11) is 0. The number of likely N-dealkylation sites (tertiary alicyclic amines) is 1. The number of carbonyl (C=O) groups is 2. The minimum Gasteiger partial charge on any atom is -0.481 e. The van der Waals surface area contributed by atoms with E-state index in [1.165, 1.54) is 6.42 Å². The first-order valence-corrected chi connectivity index (χ1v) is 7.33. The molecule has 0 bridgehead atoms. The number of piperidine rings is 1. The Labute approximate surface area is 114 Å². The molecule has 1 amide bonds. The lowest BCUT2D eigenvalue weighted by atomic mass is 9.81. The van der Waals surface area contributed by atoms with E-state index in [-0.39, 0.29) is 11.8 Å². The third kappa shape index (κ3) is 2.99. The van der Waals surface area contributed by atoms with Crippen molar-refractivity contribution in [3.63, 3.8) is 0 Å². The molecule has 106 valence electrons. The van der Waals surface area contributed by atoms with Gasteiger partial charge in [-0.05, 0) is 38.5 Å². The second kappa shape index (κ2) is 6.22. The number of hydrogen-bond donors (Lipinski definition) is 1. The molecule has 3 atom stereocenters. The van der Waals surface area contributed by atoms with Crippen molar-refractivity contribution in [1.29, 1.82) is 0 Å². The molecule has 0 spiro atoms. The van der Waals surface area contributed by atoms with Gasteiger partial charge >= 0.3 is 5.97 Å². The summed E-state index contributed by atoms with van der Waals surface area (Å²) in [5, 5.41) is 9.27. The van der Waals surface area contributed by atoms with Crippen LogP contribution >= 0.6 is 0 Å². The lowest BCUT2D eigenvalue weighted by Crippen LogP contribution is -2.48. The first-order valence-electron chi connectivity index (χ1n) is 7.33. The van der Waals surface area contributed by atoms with Crippen LogP contribution in [0.15, 0.2) is 12.2 Å². The van der Waals surface area contributed by atoms with E-state index < -0.39 is 11.9 Å². The number of aliphatic carboxylic acids is 1. The van der Waals surface area contributed by atoms with Gasteiger partial charge in [0.05, 0.1) is 11.8 Å². The predicted octanol–water partition coefficient (Wildman–Crippen LogP) is 2.44. The highest BCUT2D eigenvalue weighted by molar-refractivity contribution is 5.85. The number of hydrogen-bond acceptors (Lipinski definition) is 2. The third-order valence-electron chi connectivity index (χ3n) is 4.45. The summed E-state index contributed by atoms with van der Waals surface area (Å²) in [6.07, 6.45) is 9.13. The van der Waals surface area contributed by atoms with Crippen LogP contribution in [0.3, 0.4) is 0 Å². The molecule has 0 aromatic rings. The Balaban J connectivity index is 2.12. The smallest absolute Gasteiger partial charge is 0.307 e. The Bertz CT molecular complexity index is 378. The first kappa shape index (κ1) is 14.1. The van der Waals surface area contributed by atoms with Crippen LogP contribution in [0.4, 0.5) is 0 Å². The van der Waals surface area contributed by atoms with Crippen LogP contribution in [-0.2, 0) is 9.59 Å². The van der Waals surface area contributed by atoms with Gasteiger partial charge in [0.1, 0.15) is 0 Å². The summed E-state index contributed by atoms with van der Waals surface area (Å²) in [6, 6.07) is 0.307. The molecule has 19 heavy (non-hydrogen) atoms. The minimum atomic E-state index is -0.840. The number of nitrogens with zero attached hydrogens (tertiary/aromatic N) is 1. The number of carboxylic acid groups (broad SMARTS) is 1. The van der Waals surface area contributed by atoms with Gasteiger partial charge in [-0.1, -0.05) is 19.1 Å². The van der Waals surface area contributed by atoms with Crippen LogP contribution in [0.25, 0.3) is 0 Å². The highest BCUT2D eigenvalue weighted by Gasteiger charge is 2.38. The molecular weight excluding hydrogens is 242 g/mol. The standard InChI is InChI=1S/C15H23NO3/c1-2-11-7-5-6-10-16(11)14(17)12-8-3-4-9-13(12)15(18)19/h3-4,11-13H,2,5-10H2,1H3,(H,18,19)/t11?,12-,13+/m1/s1. The van der Waals surface area contributed by atoms with Gasteiger partial charge in [-0.2, -0.15) is 0 Å². The van der Waals surface area contributed by atoms with Crippen LogP contribution in [0, 0.1) is 11.8 Å².